The van der Waals surface area contributed by atoms with Gasteiger partial charge in [-0.05, 0) is 34.7 Å². The van der Waals surface area contributed by atoms with Crippen LogP contribution in [0, 0.1) is 11.8 Å². The Hall–Kier alpha value is -2.21. The van der Waals surface area contributed by atoms with Gasteiger partial charge in [0, 0.05) is 6.04 Å². The van der Waals surface area contributed by atoms with E-state index in [2.05, 4.69) is 115 Å². The fraction of sp³-hybridized carbons (Fsp3) is 0.185. The SMILES string of the molecule is S=P1(c2ccccc2)C2(c3ccccc3)C=CC1(c1ccccc1)C1CC=CC12. The monoisotopic (exact) mass is 410 g/mol. The third kappa shape index (κ3) is 1.94. The van der Waals surface area contributed by atoms with Crippen LogP contribution in [-0.2, 0) is 22.1 Å². The molecule has 29 heavy (non-hydrogen) atoms. The Morgan fingerprint density at radius 1 is 0.690 bits per heavy atom. The van der Waals surface area contributed by atoms with Crippen molar-refractivity contribution in [2.75, 3.05) is 0 Å². The first-order valence-corrected chi connectivity index (χ1v) is 13.2. The molecule has 5 unspecified atom stereocenters. The molecular weight excluding hydrogens is 387 g/mol. The van der Waals surface area contributed by atoms with Crippen molar-refractivity contribution in [3.8, 4) is 0 Å². The molecule has 3 aromatic rings. The van der Waals surface area contributed by atoms with Crippen LogP contribution in [-0.4, -0.2) is 0 Å². The van der Waals surface area contributed by atoms with Gasteiger partial charge in [0.05, 0.1) is 10.3 Å². The van der Waals surface area contributed by atoms with Crippen LogP contribution >= 0.6 is 6.04 Å². The van der Waals surface area contributed by atoms with Crippen LogP contribution < -0.4 is 5.30 Å². The molecular formula is C27H23PS. The maximum Gasteiger partial charge on any atom is 0.0538 e. The van der Waals surface area contributed by atoms with Gasteiger partial charge in [-0.25, -0.2) is 0 Å². The fourth-order valence-corrected chi connectivity index (χ4v) is 13.7. The second-order valence-corrected chi connectivity index (χ2v) is 13.3. The van der Waals surface area contributed by atoms with Gasteiger partial charge in [-0.15, -0.1) is 0 Å². The lowest BCUT2D eigenvalue weighted by molar-refractivity contribution is 0.342. The fourth-order valence-electron chi connectivity index (χ4n) is 6.45. The maximum absolute atomic E-state index is 7.00. The Bertz CT molecular complexity index is 1160. The van der Waals surface area contributed by atoms with Crippen LogP contribution in [0.5, 0.6) is 0 Å². The lowest BCUT2D eigenvalue weighted by atomic mass is 9.68. The second-order valence-electron chi connectivity index (χ2n) is 8.46. The number of allylic oxidation sites excluding steroid dienone is 4. The van der Waals surface area contributed by atoms with Crippen molar-refractivity contribution < 1.29 is 0 Å². The quantitative estimate of drug-likeness (QED) is 0.358. The molecule has 5 atom stereocenters. The van der Waals surface area contributed by atoms with Gasteiger partial charge in [0.1, 0.15) is 0 Å². The molecule has 1 aliphatic carbocycles. The largest absolute Gasteiger partial charge is 0.0900 e. The molecule has 0 N–H and O–H groups in total. The minimum absolute atomic E-state index is 0.0883. The minimum atomic E-state index is -2.11. The average Bonchev–Trinajstić information content (AvgIpc) is 3.44. The van der Waals surface area contributed by atoms with Gasteiger partial charge in [0.15, 0.2) is 0 Å². The third-order valence-electron chi connectivity index (χ3n) is 7.47. The number of fused-ring (bicyclic) bond motifs is 5. The summed E-state index contributed by atoms with van der Waals surface area (Å²) in [7, 11) is 0. The van der Waals surface area contributed by atoms with E-state index in [-0.39, 0.29) is 10.3 Å². The van der Waals surface area contributed by atoms with Crippen molar-refractivity contribution in [1.82, 2.24) is 0 Å². The average molecular weight is 411 g/mol. The molecule has 2 bridgehead atoms. The standard InChI is InChI=1S/C27H23PS/c29-28(23-15-8-3-9-16-23)26(21-11-4-1-5-12-21)19-20-27(28,22-13-6-2-7-14-22)25-18-10-17-24(25)26/h1-17,19-20,24-25H,18H2. The molecule has 2 aliphatic heterocycles. The first-order valence-electron chi connectivity index (χ1n) is 10.4. The van der Waals surface area contributed by atoms with Crippen LogP contribution in [0.1, 0.15) is 17.5 Å². The van der Waals surface area contributed by atoms with Gasteiger partial charge in [0.25, 0.3) is 0 Å². The lowest BCUT2D eigenvalue weighted by Crippen LogP contribution is -2.31. The summed E-state index contributed by atoms with van der Waals surface area (Å²) in [5.41, 5.74) is 2.79. The molecule has 1 saturated heterocycles. The lowest BCUT2D eigenvalue weighted by Gasteiger charge is -2.42. The van der Waals surface area contributed by atoms with Gasteiger partial charge in [0.2, 0.25) is 0 Å². The molecule has 0 saturated carbocycles. The zero-order chi connectivity index (χ0) is 19.5. The summed E-state index contributed by atoms with van der Waals surface area (Å²) in [4.78, 5) is 0. The summed E-state index contributed by atoms with van der Waals surface area (Å²) in [5, 5.41) is 1.17. The van der Waals surface area contributed by atoms with Gasteiger partial charge >= 0.3 is 0 Å². The Kier molecular flexibility index (Phi) is 3.74. The molecule has 2 heteroatoms. The summed E-state index contributed by atoms with van der Waals surface area (Å²) in [6.07, 6.45) is 11.0. The highest BCUT2D eigenvalue weighted by Crippen LogP contribution is 2.89. The molecule has 0 aromatic heterocycles. The first-order chi connectivity index (χ1) is 14.2. The van der Waals surface area contributed by atoms with Gasteiger partial charge in [-0.1, -0.05) is 127 Å². The van der Waals surface area contributed by atoms with E-state index >= 15 is 0 Å². The maximum atomic E-state index is 7.00. The van der Waals surface area contributed by atoms with Crippen LogP contribution in [0.3, 0.4) is 0 Å². The smallest absolute Gasteiger partial charge is 0.0538 e. The molecule has 3 aromatic carbocycles. The van der Waals surface area contributed by atoms with E-state index in [0.29, 0.717) is 11.8 Å². The van der Waals surface area contributed by atoms with Gasteiger partial charge in [-0.3, -0.25) is 0 Å². The Morgan fingerprint density at radius 2 is 1.21 bits per heavy atom. The number of hydrogen-bond donors (Lipinski definition) is 0. The molecule has 0 radical (unpaired) electrons. The minimum Gasteiger partial charge on any atom is -0.0900 e. The Balaban J connectivity index is 1.75. The Morgan fingerprint density at radius 3 is 1.83 bits per heavy atom. The molecule has 0 nitrogen and oxygen atoms in total. The van der Waals surface area contributed by atoms with Crippen molar-refractivity contribution in [1.29, 1.82) is 0 Å². The van der Waals surface area contributed by atoms with Crippen LogP contribution in [0.2, 0.25) is 0 Å². The van der Waals surface area contributed by atoms with Gasteiger partial charge < -0.3 is 0 Å². The number of rotatable bonds is 3. The zero-order valence-corrected chi connectivity index (χ0v) is 17.9. The van der Waals surface area contributed by atoms with Crippen molar-refractivity contribution >= 4 is 23.1 Å². The molecule has 142 valence electrons. The van der Waals surface area contributed by atoms with Gasteiger partial charge in [-0.2, -0.15) is 0 Å². The molecule has 0 amide bonds. The molecule has 0 spiro atoms. The van der Waals surface area contributed by atoms with E-state index in [9.17, 15) is 0 Å². The van der Waals surface area contributed by atoms with Crippen molar-refractivity contribution in [2.24, 2.45) is 11.8 Å². The van der Waals surface area contributed by atoms with Crippen molar-refractivity contribution in [3.05, 3.63) is 126 Å². The topological polar surface area (TPSA) is 0 Å². The predicted octanol–water partition coefficient (Wildman–Crippen LogP) is 6.36. The summed E-state index contributed by atoms with van der Waals surface area (Å²) in [6.45, 7) is 0. The van der Waals surface area contributed by atoms with Crippen molar-refractivity contribution in [2.45, 2.75) is 16.7 Å². The predicted molar refractivity (Wildman–Crippen MR) is 126 cm³/mol. The summed E-state index contributed by atoms with van der Waals surface area (Å²) >= 11 is 7.00. The van der Waals surface area contributed by atoms with E-state index in [1.165, 1.54) is 16.4 Å². The molecule has 2 heterocycles. The van der Waals surface area contributed by atoms with E-state index in [1.807, 2.05) is 0 Å². The third-order valence-corrected chi connectivity index (χ3v) is 14.5. The van der Waals surface area contributed by atoms with Crippen LogP contribution in [0.4, 0.5) is 0 Å². The second kappa shape index (κ2) is 6.14. The molecule has 3 aliphatic rings. The highest BCUT2D eigenvalue weighted by Gasteiger charge is 2.73. The van der Waals surface area contributed by atoms with Crippen molar-refractivity contribution in [3.63, 3.8) is 0 Å². The normalized spacial score (nSPS) is 36.4. The van der Waals surface area contributed by atoms with E-state index in [1.54, 1.807) is 0 Å². The van der Waals surface area contributed by atoms with Crippen LogP contribution in [0.25, 0.3) is 0 Å². The zero-order valence-electron chi connectivity index (χ0n) is 16.2. The van der Waals surface area contributed by atoms with Crippen LogP contribution in [0.15, 0.2) is 115 Å². The number of hydrogen-bond acceptors (Lipinski definition) is 1. The summed E-state index contributed by atoms with van der Waals surface area (Å²) < 4.78 is 0. The first kappa shape index (κ1) is 17.6. The van der Waals surface area contributed by atoms with E-state index in [0.717, 1.165) is 6.42 Å². The van der Waals surface area contributed by atoms with E-state index in [4.69, 9.17) is 11.8 Å². The highest BCUT2D eigenvalue weighted by molar-refractivity contribution is 8.19. The summed E-state index contributed by atoms with van der Waals surface area (Å²) in [6, 6.07) is 31.2. The summed E-state index contributed by atoms with van der Waals surface area (Å²) in [5.74, 6) is 0.988. The molecule has 1 fully saturated rings. The number of benzene rings is 3. The highest BCUT2D eigenvalue weighted by atomic mass is 32.4. The molecule has 6 rings (SSSR count). The van der Waals surface area contributed by atoms with E-state index < -0.39 is 6.04 Å². The Labute approximate surface area is 178 Å².